The standard InChI is InChI=1S/C15H18F3N7/c1-5-24-8-11(6-19-24)7-23(4)13-10(3)9(2)12-20-21-14(15(16,17)18)25(12)22-13/h6,8H,5,7H2,1-4H3. The lowest BCUT2D eigenvalue weighted by atomic mass is 10.1. The molecule has 0 aromatic carbocycles. The predicted molar refractivity (Wildman–Crippen MR) is 85.3 cm³/mol. The first-order chi connectivity index (χ1) is 11.7. The molecule has 0 unspecified atom stereocenters. The number of hydrogen-bond acceptors (Lipinski definition) is 5. The van der Waals surface area contributed by atoms with Gasteiger partial charge < -0.3 is 4.90 Å². The Balaban J connectivity index is 2.04. The van der Waals surface area contributed by atoms with Crippen molar-refractivity contribution < 1.29 is 13.2 Å². The van der Waals surface area contributed by atoms with Gasteiger partial charge >= 0.3 is 6.18 Å². The lowest BCUT2D eigenvalue weighted by Gasteiger charge is -2.21. The highest BCUT2D eigenvalue weighted by atomic mass is 19.4. The number of halogens is 3. The second kappa shape index (κ2) is 6.01. The molecule has 0 aliphatic carbocycles. The SMILES string of the molecule is CCn1cc(CN(C)c2nn3c(C(F)(F)F)nnc3c(C)c2C)cn1. The molecule has 0 atom stereocenters. The highest BCUT2D eigenvalue weighted by molar-refractivity contribution is 5.59. The number of alkyl halides is 3. The predicted octanol–water partition coefficient (Wildman–Crippen LogP) is 2.61. The molecule has 0 amide bonds. The number of aryl methyl sites for hydroxylation is 2. The number of fused-ring (bicyclic) bond motifs is 1. The van der Waals surface area contributed by atoms with Gasteiger partial charge in [0.05, 0.1) is 6.20 Å². The van der Waals surface area contributed by atoms with Crippen LogP contribution in [0.3, 0.4) is 0 Å². The van der Waals surface area contributed by atoms with E-state index < -0.39 is 12.0 Å². The zero-order chi connectivity index (χ0) is 18.4. The van der Waals surface area contributed by atoms with Crippen molar-refractivity contribution in [2.45, 2.75) is 40.0 Å². The van der Waals surface area contributed by atoms with Gasteiger partial charge in [-0.1, -0.05) is 0 Å². The number of rotatable bonds is 4. The molecule has 3 heterocycles. The summed E-state index contributed by atoms with van der Waals surface area (Å²) in [5.74, 6) is -0.682. The Morgan fingerprint density at radius 2 is 1.88 bits per heavy atom. The van der Waals surface area contributed by atoms with Crippen LogP contribution in [0, 0.1) is 13.8 Å². The van der Waals surface area contributed by atoms with Crippen LogP contribution >= 0.6 is 0 Å². The summed E-state index contributed by atoms with van der Waals surface area (Å²) in [4.78, 5) is 1.79. The van der Waals surface area contributed by atoms with Crippen molar-refractivity contribution in [2.24, 2.45) is 0 Å². The fourth-order valence-corrected chi connectivity index (χ4v) is 2.66. The molecule has 3 aromatic rings. The summed E-state index contributed by atoms with van der Waals surface area (Å²) in [6, 6.07) is 0. The summed E-state index contributed by atoms with van der Waals surface area (Å²) < 4.78 is 41.9. The van der Waals surface area contributed by atoms with Crippen LogP contribution in [-0.2, 0) is 19.3 Å². The fraction of sp³-hybridized carbons (Fsp3) is 0.467. The molecule has 3 rings (SSSR count). The van der Waals surface area contributed by atoms with Crippen LogP contribution in [0.5, 0.6) is 0 Å². The highest BCUT2D eigenvalue weighted by Crippen LogP contribution is 2.30. The van der Waals surface area contributed by atoms with Crippen LogP contribution < -0.4 is 4.90 Å². The van der Waals surface area contributed by atoms with Crippen LogP contribution in [0.2, 0.25) is 0 Å². The Hall–Kier alpha value is -2.65. The topological polar surface area (TPSA) is 64.1 Å². The Morgan fingerprint density at radius 1 is 1.16 bits per heavy atom. The maximum absolute atomic E-state index is 13.1. The Bertz CT molecular complexity index is 910. The molecule has 0 saturated carbocycles. The summed E-state index contributed by atoms with van der Waals surface area (Å²) in [7, 11) is 1.78. The molecular formula is C15H18F3N7. The Morgan fingerprint density at radius 3 is 2.48 bits per heavy atom. The highest BCUT2D eigenvalue weighted by Gasteiger charge is 2.38. The van der Waals surface area contributed by atoms with Crippen molar-refractivity contribution in [1.82, 2.24) is 29.6 Å². The first-order valence-electron chi connectivity index (χ1n) is 7.74. The summed E-state index contributed by atoms with van der Waals surface area (Å²) in [6.07, 6.45) is -0.982. The minimum Gasteiger partial charge on any atom is -0.354 e. The van der Waals surface area contributed by atoms with Gasteiger partial charge in [-0.05, 0) is 20.8 Å². The van der Waals surface area contributed by atoms with Gasteiger partial charge in [0.1, 0.15) is 0 Å². The van der Waals surface area contributed by atoms with E-state index in [-0.39, 0.29) is 5.65 Å². The molecule has 0 aliphatic heterocycles. The van der Waals surface area contributed by atoms with Crippen molar-refractivity contribution in [2.75, 3.05) is 11.9 Å². The molecule has 0 aliphatic rings. The van der Waals surface area contributed by atoms with Gasteiger partial charge in [-0.25, -0.2) is 0 Å². The second-order valence-corrected chi connectivity index (χ2v) is 5.89. The molecule has 10 heteroatoms. The average molecular weight is 353 g/mol. The van der Waals surface area contributed by atoms with Crippen LogP contribution in [0.25, 0.3) is 5.65 Å². The maximum Gasteiger partial charge on any atom is 0.453 e. The van der Waals surface area contributed by atoms with Gasteiger partial charge in [0.15, 0.2) is 11.5 Å². The second-order valence-electron chi connectivity index (χ2n) is 5.89. The van der Waals surface area contributed by atoms with Crippen LogP contribution in [0.15, 0.2) is 12.4 Å². The maximum atomic E-state index is 13.1. The fourth-order valence-electron chi connectivity index (χ4n) is 2.66. The molecule has 134 valence electrons. The third-order valence-corrected chi connectivity index (χ3v) is 4.11. The Labute approximate surface area is 142 Å². The van der Waals surface area contributed by atoms with E-state index in [4.69, 9.17) is 0 Å². The number of anilines is 1. The normalized spacial score (nSPS) is 12.1. The first-order valence-corrected chi connectivity index (χ1v) is 7.74. The zero-order valence-electron chi connectivity index (χ0n) is 14.3. The lowest BCUT2D eigenvalue weighted by molar-refractivity contribution is -0.146. The van der Waals surface area contributed by atoms with E-state index in [1.165, 1.54) is 0 Å². The van der Waals surface area contributed by atoms with E-state index in [0.717, 1.165) is 22.2 Å². The van der Waals surface area contributed by atoms with E-state index >= 15 is 0 Å². The van der Waals surface area contributed by atoms with E-state index in [1.54, 1.807) is 29.7 Å². The van der Waals surface area contributed by atoms with E-state index in [2.05, 4.69) is 20.4 Å². The van der Waals surface area contributed by atoms with Gasteiger partial charge in [-0.3, -0.25) is 4.68 Å². The van der Waals surface area contributed by atoms with Gasteiger partial charge in [0.2, 0.25) is 0 Å². The summed E-state index contributed by atoms with van der Waals surface area (Å²) in [5.41, 5.74) is 2.44. The van der Waals surface area contributed by atoms with Crippen molar-refractivity contribution >= 4 is 11.5 Å². The van der Waals surface area contributed by atoms with E-state index in [9.17, 15) is 13.2 Å². The molecular weight excluding hydrogens is 335 g/mol. The van der Waals surface area contributed by atoms with Crippen molar-refractivity contribution in [1.29, 1.82) is 0 Å². The molecule has 0 fully saturated rings. The van der Waals surface area contributed by atoms with Gasteiger partial charge in [-0.2, -0.15) is 22.8 Å². The number of aromatic nitrogens is 6. The molecule has 0 saturated heterocycles. The molecule has 25 heavy (non-hydrogen) atoms. The molecule has 0 radical (unpaired) electrons. The largest absolute Gasteiger partial charge is 0.453 e. The summed E-state index contributed by atoms with van der Waals surface area (Å²) >= 11 is 0. The number of nitrogens with zero attached hydrogens (tertiary/aromatic N) is 7. The van der Waals surface area contributed by atoms with E-state index in [0.29, 0.717) is 17.9 Å². The van der Waals surface area contributed by atoms with Gasteiger partial charge in [-0.15, -0.1) is 15.3 Å². The third-order valence-electron chi connectivity index (χ3n) is 4.11. The minimum atomic E-state index is -4.62. The van der Waals surface area contributed by atoms with Gasteiger partial charge in [0, 0.05) is 43.0 Å². The Kier molecular flexibility index (Phi) is 4.13. The first kappa shape index (κ1) is 17.2. The van der Waals surface area contributed by atoms with Crippen LogP contribution in [0.1, 0.15) is 29.4 Å². The van der Waals surface area contributed by atoms with Crippen LogP contribution in [-0.4, -0.2) is 36.6 Å². The van der Waals surface area contributed by atoms with Gasteiger partial charge in [0.25, 0.3) is 5.82 Å². The number of hydrogen-bond donors (Lipinski definition) is 0. The molecule has 3 aromatic heterocycles. The third kappa shape index (κ3) is 3.03. The molecule has 0 bridgehead atoms. The quantitative estimate of drug-likeness (QED) is 0.721. The summed E-state index contributed by atoms with van der Waals surface area (Å²) in [6.45, 7) is 6.73. The molecule has 7 nitrogen and oxygen atoms in total. The average Bonchev–Trinajstić information content (AvgIpc) is 3.16. The summed E-state index contributed by atoms with van der Waals surface area (Å²) in [5, 5.41) is 15.3. The van der Waals surface area contributed by atoms with Crippen LogP contribution in [0.4, 0.5) is 19.0 Å². The molecule has 0 spiro atoms. The minimum absolute atomic E-state index is 0.112. The molecule has 0 N–H and O–H groups in total. The monoisotopic (exact) mass is 353 g/mol. The lowest BCUT2D eigenvalue weighted by Crippen LogP contribution is -2.22. The van der Waals surface area contributed by atoms with Crippen molar-refractivity contribution in [3.05, 3.63) is 34.9 Å². The smallest absolute Gasteiger partial charge is 0.354 e. The van der Waals surface area contributed by atoms with Crippen molar-refractivity contribution in [3.8, 4) is 0 Å². The van der Waals surface area contributed by atoms with Crippen molar-refractivity contribution in [3.63, 3.8) is 0 Å². The zero-order valence-corrected chi connectivity index (χ0v) is 14.3. The van der Waals surface area contributed by atoms with E-state index in [1.807, 2.05) is 20.0 Å².